The molecule has 3 heteroatoms. The maximum atomic E-state index is 11.5. The van der Waals surface area contributed by atoms with Crippen LogP contribution in [0, 0.1) is 5.92 Å². The van der Waals surface area contributed by atoms with E-state index in [2.05, 4.69) is 6.58 Å². The van der Waals surface area contributed by atoms with Crippen molar-refractivity contribution in [1.82, 2.24) is 0 Å². The molecule has 0 spiro atoms. The van der Waals surface area contributed by atoms with Crippen molar-refractivity contribution >= 4 is 5.97 Å². The monoisotopic (exact) mass is 226 g/mol. The van der Waals surface area contributed by atoms with E-state index in [0.29, 0.717) is 18.1 Å². The first kappa shape index (κ1) is 13.2. The van der Waals surface area contributed by atoms with Gasteiger partial charge < -0.3 is 9.47 Å². The van der Waals surface area contributed by atoms with Crippen LogP contribution in [0.2, 0.25) is 0 Å². The van der Waals surface area contributed by atoms with E-state index in [-0.39, 0.29) is 12.3 Å². The zero-order chi connectivity index (χ0) is 12.0. The maximum Gasteiger partial charge on any atom is 0.335 e. The minimum Gasteiger partial charge on any atom is -0.432 e. The summed E-state index contributed by atoms with van der Waals surface area (Å²) in [5.74, 6) is 0.0148. The summed E-state index contributed by atoms with van der Waals surface area (Å²) >= 11 is 0. The highest BCUT2D eigenvalue weighted by atomic mass is 16.7. The van der Waals surface area contributed by atoms with Crippen LogP contribution < -0.4 is 0 Å². The van der Waals surface area contributed by atoms with Gasteiger partial charge in [0.05, 0.1) is 0 Å². The molecule has 0 amide bonds. The van der Waals surface area contributed by atoms with Gasteiger partial charge in [-0.3, -0.25) is 0 Å². The molecule has 1 rings (SSSR count). The summed E-state index contributed by atoms with van der Waals surface area (Å²) in [7, 11) is 0. The van der Waals surface area contributed by atoms with Crippen LogP contribution in [-0.2, 0) is 14.3 Å². The Labute approximate surface area is 97.8 Å². The lowest BCUT2D eigenvalue weighted by atomic mass is 9.89. The molecule has 0 radical (unpaired) electrons. The molecule has 16 heavy (non-hydrogen) atoms. The second-order valence-electron chi connectivity index (χ2n) is 4.41. The first-order valence-corrected chi connectivity index (χ1v) is 6.13. The molecule has 0 aromatic heterocycles. The Balaban J connectivity index is 2.51. The number of carbonyl (C=O) groups is 1. The van der Waals surface area contributed by atoms with Gasteiger partial charge in [-0.25, -0.2) is 4.79 Å². The molecule has 0 saturated heterocycles. The zero-order valence-corrected chi connectivity index (χ0v) is 10.3. The van der Waals surface area contributed by atoms with Crippen LogP contribution in [0.4, 0.5) is 0 Å². The fourth-order valence-electron chi connectivity index (χ4n) is 2.04. The van der Waals surface area contributed by atoms with Gasteiger partial charge in [-0.15, -0.1) is 0 Å². The number of rotatable bonds is 5. The third-order valence-corrected chi connectivity index (χ3v) is 2.94. The molecule has 0 heterocycles. The SMILES string of the molecule is C=C(C)C(=O)OC(OCC)C1CCCCC1. The molecule has 1 aliphatic rings. The third kappa shape index (κ3) is 3.97. The minimum atomic E-state index is -0.380. The van der Waals surface area contributed by atoms with Crippen molar-refractivity contribution in [2.24, 2.45) is 5.92 Å². The van der Waals surface area contributed by atoms with Crippen LogP contribution in [0.25, 0.3) is 0 Å². The van der Waals surface area contributed by atoms with E-state index in [1.54, 1.807) is 6.92 Å². The Morgan fingerprint density at radius 1 is 1.38 bits per heavy atom. The lowest BCUT2D eigenvalue weighted by Crippen LogP contribution is -2.31. The summed E-state index contributed by atoms with van der Waals surface area (Å²) in [6.07, 6.45) is 5.50. The quantitative estimate of drug-likeness (QED) is 0.410. The van der Waals surface area contributed by atoms with Crippen molar-refractivity contribution in [2.75, 3.05) is 6.61 Å². The molecule has 0 bridgehead atoms. The Kier molecular flexibility index (Phi) is 5.53. The lowest BCUT2D eigenvalue weighted by molar-refractivity contribution is -0.188. The Morgan fingerprint density at radius 3 is 2.50 bits per heavy atom. The molecule has 0 aromatic carbocycles. The van der Waals surface area contributed by atoms with E-state index < -0.39 is 0 Å². The molecule has 0 aliphatic heterocycles. The minimum absolute atomic E-state index is 0.343. The van der Waals surface area contributed by atoms with Gasteiger partial charge >= 0.3 is 5.97 Å². The smallest absolute Gasteiger partial charge is 0.335 e. The fourth-order valence-corrected chi connectivity index (χ4v) is 2.04. The van der Waals surface area contributed by atoms with Gasteiger partial charge in [0.25, 0.3) is 0 Å². The molecule has 1 fully saturated rings. The highest BCUT2D eigenvalue weighted by molar-refractivity contribution is 5.87. The number of hydrogen-bond donors (Lipinski definition) is 0. The fraction of sp³-hybridized carbons (Fsp3) is 0.769. The van der Waals surface area contributed by atoms with E-state index in [1.165, 1.54) is 19.3 Å². The van der Waals surface area contributed by atoms with Gasteiger partial charge in [0.15, 0.2) is 0 Å². The van der Waals surface area contributed by atoms with Crippen molar-refractivity contribution in [3.05, 3.63) is 12.2 Å². The normalized spacial score (nSPS) is 19.1. The number of hydrogen-bond acceptors (Lipinski definition) is 3. The summed E-state index contributed by atoms with van der Waals surface area (Å²) in [5.41, 5.74) is 0.431. The van der Waals surface area contributed by atoms with Gasteiger partial charge in [-0.05, 0) is 26.7 Å². The van der Waals surface area contributed by atoms with Crippen LogP contribution in [0.5, 0.6) is 0 Å². The van der Waals surface area contributed by atoms with E-state index in [9.17, 15) is 4.79 Å². The van der Waals surface area contributed by atoms with Gasteiger partial charge in [-0.2, -0.15) is 0 Å². The largest absolute Gasteiger partial charge is 0.432 e. The van der Waals surface area contributed by atoms with Crippen molar-refractivity contribution < 1.29 is 14.3 Å². The number of esters is 1. The summed E-state index contributed by atoms with van der Waals surface area (Å²) in [6.45, 7) is 7.74. The van der Waals surface area contributed by atoms with Crippen LogP contribution in [0.1, 0.15) is 46.0 Å². The summed E-state index contributed by atoms with van der Waals surface area (Å²) in [4.78, 5) is 11.5. The summed E-state index contributed by atoms with van der Waals surface area (Å²) in [6, 6.07) is 0. The van der Waals surface area contributed by atoms with E-state index in [1.807, 2.05) is 6.92 Å². The topological polar surface area (TPSA) is 35.5 Å². The first-order valence-electron chi connectivity index (χ1n) is 6.13. The number of ether oxygens (including phenoxy) is 2. The van der Waals surface area contributed by atoms with Crippen molar-refractivity contribution in [3.63, 3.8) is 0 Å². The molecular formula is C13H22O3. The maximum absolute atomic E-state index is 11.5. The Morgan fingerprint density at radius 2 is 2.00 bits per heavy atom. The Hall–Kier alpha value is -0.830. The molecule has 0 aromatic rings. The zero-order valence-electron chi connectivity index (χ0n) is 10.3. The van der Waals surface area contributed by atoms with Crippen molar-refractivity contribution in [3.8, 4) is 0 Å². The first-order chi connectivity index (χ1) is 7.65. The Bertz CT molecular complexity index is 242. The average Bonchev–Trinajstić information content (AvgIpc) is 2.29. The highest BCUT2D eigenvalue weighted by Gasteiger charge is 2.27. The molecule has 1 aliphatic carbocycles. The van der Waals surface area contributed by atoms with Gasteiger partial charge in [0, 0.05) is 18.1 Å². The van der Waals surface area contributed by atoms with E-state index in [0.717, 1.165) is 12.8 Å². The highest BCUT2D eigenvalue weighted by Crippen LogP contribution is 2.28. The van der Waals surface area contributed by atoms with Crippen LogP contribution in [0.3, 0.4) is 0 Å². The second-order valence-corrected chi connectivity index (χ2v) is 4.41. The predicted molar refractivity (Wildman–Crippen MR) is 62.9 cm³/mol. The standard InChI is InChI=1S/C13H22O3/c1-4-15-13(16-12(14)10(2)3)11-8-6-5-7-9-11/h11,13H,2,4-9H2,1,3H3. The molecule has 1 atom stereocenters. The second kappa shape index (κ2) is 6.69. The molecule has 1 saturated carbocycles. The average molecular weight is 226 g/mol. The molecular weight excluding hydrogens is 204 g/mol. The van der Waals surface area contributed by atoms with Gasteiger partial charge in [0.1, 0.15) is 0 Å². The number of carbonyl (C=O) groups excluding carboxylic acids is 1. The van der Waals surface area contributed by atoms with Crippen LogP contribution >= 0.6 is 0 Å². The summed E-state index contributed by atoms with van der Waals surface area (Å²) in [5, 5.41) is 0. The summed E-state index contributed by atoms with van der Waals surface area (Å²) < 4.78 is 10.8. The third-order valence-electron chi connectivity index (χ3n) is 2.94. The van der Waals surface area contributed by atoms with Gasteiger partial charge in [0.2, 0.25) is 6.29 Å². The van der Waals surface area contributed by atoms with Crippen molar-refractivity contribution in [1.29, 1.82) is 0 Å². The van der Waals surface area contributed by atoms with Crippen LogP contribution in [0.15, 0.2) is 12.2 Å². The predicted octanol–water partition coefficient (Wildman–Crippen LogP) is 3.05. The molecule has 92 valence electrons. The molecule has 0 N–H and O–H groups in total. The molecule has 3 nitrogen and oxygen atoms in total. The van der Waals surface area contributed by atoms with Crippen LogP contribution in [-0.4, -0.2) is 18.9 Å². The van der Waals surface area contributed by atoms with E-state index in [4.69, 9.17) is 9.47 Å². The molecule has 1 unspecified atom stereocenters. The van der Waals surface area contributed by atoms with Gasteiger partial charge in [-0.1, -0.05) is 25.8 Å². The van der Waals surface area contributed by atoms with E-state index >= 15 is 0 Å². The van der Waals surface area contributed by atoms with Crippen molar-refractivity contribution in [2.45, 2.75) is 52.2 Å². The lowest BCUT2D eigenvalue weighted by Gasteiger charge is -2.29.